The van der Waals surface area contributed by atoms with Crippen LogP contribution in [-0.4, -0.2) is 11.2 Å². The Kier molecular flexibility index (Phi) is 3.80. The molecule has 0 amide bonds. The summed E-state index contributed by atoms with van der Waals surface area (Å²) in [4.78, 5) is 0. The molecule has 1 saturated carbocycles. The summed E-state index contributed by atoms with van der Waals surface area (Å²) >= 11 is 0. The second kappa shape index (κ2) is 4.66. The molecule has 0 radical (unpaired) electrons. The molecule has 12 heavy (non-hydrogen) atoms. The number of aliphatic hydroxyl groups excluding tert-OH is 1. The van der Waals surface area contributed by atoms with Gasteiger partial charge < -0.3 is 5.11 Å². The lowest BCUT2D eigenvalue weighted by Crippen LogP contribution is -2.24. The van der Waals surface area contributed by atoms with Crippen molar-refractivity contribution in [2.75, 3.05) is 0 Å². The van der Waals surface area contributed by atoms with Gasteiger partial charge in [0.05, 0.1) is 6.10 Å². The highest BCUT2D eigenvalue weighted by atomic mass is 16.3. The van der Waals surface area contributed by atoms with Crippen LogP contribution in [0.5, 0.6) is 0 Å². The molecule has 0 bridgehead atoms. The summed E-state index contributed by atoms with van der Waals surface area (Å²) < 4.78 is 0. The molecule has 0 aromatic heterocycles. The molecule has 1 N–H and O–H groups in total. The van der Waals surface area contributed by atoms with Gasteiger partial charge in [0, 0.05) is 0 Å². The van der Waals surface area contributed by atoms with E-state index in [1.807, 2.05) is 19.1 Å². The van der Waals surface area contributed by atoms with Crippen LogP contribution in [0.1, 0.15) is 39.5 Å². The molecule has 1 nitrogen and oxygen atoms in total. The maximum Gasteiger partial charge on any atom is 0.0749 e. The monoisotopic (exact) mass is 168 g/mol. The van der Waals surface area contributed by atoms with Crippen molar-refractivity contribution in [2.24, 2.45) is 11.8 Å². The van der Waals surface area contributed by atoms with Crippen LogP contribution < -0.4 is 0 Å². The first-order valence-electron chi connectivity index (χ1n) is 5.05. The molecule has 0 aromatic rings. The zero-order valence-electron chi connectivity index (χ0n) is 8.16. The fourth-order valence-electron chi connectivity index (χ4n) is 2.15. The van der Waals surface area contributed by atoms with Gasteiger partial charge in [0.2, 0.25) is 0 Å². The van der Waals surface area contributed by atoms with Crippen LogP contribution in [0.15, 0.2) is 12.2 Å². The molecule has 70 valence electrons. The van der Waals surface area contributed by atoms with E-state index in [2.05, 4.69) is 6.92 Å². The summed E-state index contributed by atoms with van der Waals surface area (Å²) in [6.45, 7) is 4.25. The maximum atomic E-state index is 9.70. The van der Waals surface area contributed by atoms with E-state index in [9.17, 15) is 5.11 Å². The third-order valence-electron chi connectivity index (χ3n) is 2.85. The van der Waals surface area contributed by atoms with E-state index in [0.717, 1.165) is 5.92 Å². The van der Waals surface area contributed by atoms with Gasteiger partial charge in [0.1, 0.15) is 0 Å². The predicted octanol–water partition coefficient (Wildman–Crippen LogP) is 2.75. The Bertz CT molecular complexity index is 151. The van der Waals surface area contributed by atoms with Crippen LogP contribution in [0.2, 0.25) is 0 Å². The first-order valence-corrected chi connectivity index (χ1v) is 5.05. The fraction of sp³-hybridized carbons (Fsp3) is 0.818. The van der Waals surface area contributed by atoms with E-state index in [-0.39, 0.29) is 6.10 Å². The summed E-state index contributed by atoms with van der Waals surface area (Å²) in [5.74, 6) is 1.33. The third kappa shape index (κ3) is 2.63. The van der Waals surface area contributed by atoms with Gasteiger partial charge in [-0.2, -0.15) is 0 Å². The zero-order chi connectivity index (χ0) is 8.97. The molecule has 0 spiro atoms. The lowest BCUT2D eigenvalue weighted by atomic mass is 9.79. The Hall–Kier alpha value is -0.300. The van der Waals surface area contributed by atoms with Crippen molar-refractivity contribution in [3.8, 4) is 0 Å². The van der Waals surface area contributed by atoms with Gasteiger partial charge in [0.15, 0.2) is 0 Å². The van der Waals surface area contributed by atoms with Crippen molar-refractivity contribution in [3.63, 3.8) is 0 Å². The Labute approximate surface area is 75.5 Å². The van der Waals surface area contributed by atoms with Crippen LogP contribution in [0.3, 0.4) is 0 Å². The minimum absolute atomic E-state index is 0.197. The van der Waals surface area contributed by atoms with E-state index in [4.69, 9.17) is 0 Å². The second-order valence-electron chi connectivity index (χ2n) is 4.05. The SMILES string of the molecule is CC=CC(O)C1CCCC(C)C1. The molecular formula is C11H20O. The molecule has 1 aliphatic carbocycles. The van der Waals surface area contributed by atoms with Crippen molar-refractivity contribution >= 4 is 0 Å². The van der Waals surface area contributed by atoms with Crippen LogP contribution in [0.4, 0.5) is 0 Å². The number of hydrogen-bond donors (Lipinski definition) is 1. The van der Waals surface area contributed by atoms with E-state index in [0.29, 0.717) is 5.92 Å². The zero-order valence-corrected chi connectivity index (χ0v) is 8.16. The first kappa shape index (κ1) is 9.79. The lowest BCUT2D eigenvalue weighted by molar-refractivity contribution is 0.108. The normalized spacial score (nSPS) is 33.9. The maximum absolute atomic E-state index is 9.70. The summed E-state index contributed by atoms with van der Waals surface area (Å²) in [5.41, 5.74) is 0. The smallest absolute Gasteiger partial charge is 0.0749 e. The van der Waals surface area contributed by atoms with Crippen molar-refractivity contribution < 1.29 is 5.11 Å². The molecule has 0 aliphatic heterocycles. The van der Waals surface area contributed by atoms with Gasteiger partial charge in [-0.3, -0.25) is 0 Å². The Morgan fingerprint density at radius 1 is 1.42 bits per heavy atom. The topological polar surface area (TPSA) is 20.2 Å². The highest BCUT2D eigenvalue weighted by Gasteiger charge is 2.23. The van der Waals surface area contributed by atoms with Crippen molar-refractivity contribution in [2.45, 2.75) is 45.6 Å². The standard InChI is InChI=1S/C11H20O/c1-3-5-11(12)10-7-4-6-9(2)8-10/h3,5,9-12H,4,6-8H2,1-2H3. The van der Waals surface area contributed by atoms with Crippen LogP contribution in [0.25, 0.3) is 0 Å². The number of aliphatic hydroxyl groups is 1. The molecular weight excluding hydrogens is 148 g/mol. The van der Waals surface area contributed by atoms with Gasteiger partial charge >= 0.3 is 0 Å². The van der Waals surface area contributed by atoms with Gasteiger partial charge in [-0.15, -0.1) is 0 Å². The summed E-state index contributed by atoms with van der Waals surface area (Å²) in [7, 11) is 0. The quantitative estimate of drug-likeness (QED) is 0.629. The molecule has 1 fully saturated rings. The number of rotatable bonds is 2. The van der Waals surface area contributed by atoms with Crippen molar-refractivity contribution in [1.82, 2.24) is 0 Å². The van der Waals surface area contributed by atoms with Crippen LogP contribution in [-0.2, 0) is 0 Å². The van der Waals surface area contributed by atoms with E-state index < -0.39 is 0 Å². The molecule has 3 atom stereocenters. The fourth-order valence-corrected chi connectivity index (χ4v) is 2.15. The molecule has 0 saturated heterocycles. The summed E-state index contributed by atoms with van der Waals surface area (Å²) in [6.07, 6.45) is 8.71. The van der Waals surface area contributed by atoms with Crippen LogP contribution >= 0.6 is 0 Å². The predicted molar refractivity (Wildman–Crippen MR) is 51.9 cm³/mol. The number of hydrogen-bond acceptors (Lipinski definition) is 1. The molecule has 1 aliphatic rings. The minimum atomic E-state index is -0.197. The van der Waals surface area contributed by atoms with Crippen LogP contribution in [0, 0.1) is 11.8 Å². The minimum Gasteiger partial charge on any atom is -0.389 e. The van der Waals surface area contributed by atoms with Gasteiger partial charge in [-0.05, 0) is 31.6 Å². The molecule has 1 heteroatoms. The first-order chi connectivity index (χ1) is 5.74. The van der Waals surface area contributed by atoms with Crippen molar-refractivity contribution in [1.29, 1.82) is 0 Å². The Morgan fingerprint density at radius 3 is 2.75 bits per heavy atom. The molecule has 3 unspecified atom stereocenters. The van der Waals surface area contributed by atoms with Gasteiger partial charge in [-0.1, -0.05) is 31.9 Å². The molecule has 1 rings (SSSR count). The summed E-state index contributed by atoms with van der Waals surface area (Å²) in [6, 6.07) is 0. The molecule has 0 aromatic carbocycles. The van der Waals surface area contributed by atoms with E-state index in [1.54, 1.807) is 0 Å². The Balaban J connectivity index is 2.39. The average molecular weight is 168 g/mol. The van der Waals surface area contributed by atoms with E-state index >= 15 is 0 Å². The lowest BCUT2D eigenvalue weighted by Gasteiger charge is -2.28. The highest BCUT2D eigenvalue weighted by Crippen LogP contribution is 2.30. The molecule has 0 heterocycles. The third-order valence-corrected chi connectivity index (χ3v) is 2.85. The van der Waals surface area contributed by atoms with E-state index in [1.165, 1.54) is 25.7 Å². The second-order valence-corrected chi connectivity index (χ2v) is 4.05. The number of allylic oxidation sites excluding steroid dienone is 1. The average Bonchev–Trinajstić information content (AvgIpc) is 2.05. The summed E-state index contributed by atoms with van der Waals surface area (Å²) in [5, 5.41) is 9.70. The van der Waals surface area contributed by atoms with Gasteiger partial charge in [-0.25, -0.2) is 0 Å². The largest absolute Gasteiger partial charge is 0.389 e. The van der Waals surface area contributed by atoms with Gasteiger partial charge in [0.25, 0.3) is 0 Å². The Morgan fingerprint density at radius 2 is 2.17 bits per heavy atom. The van der Waals surface area contributed by atoms with Crippen molar-refractivity contribution in [3.05, 3.63) is 12.2 Å². The highest BCUT2D eigenvalue weighted by molar-refractivity contribution is 4.91.